The number of rotatable bonds is 4. The van der Waals surface area contributed by atoms with Crippen LogP contribution in [0.3, 0.4) is 0 Å². The molecule has 0 amide bonds. The first kappa shape index (κ1) is 12.2. The Hall–Kier alpha value is -2.23. The molecule has 0 spiro atoms. The number of hydrogen-bond acceptors (Lipinski definition) is 4. The van der Waals surface area contributed by atoms with E-state index in [1.165, 1.54) is 0 Å². The van der Waals surface area contributed by atoms with Crippen molar-refractivity contribution in [2.75, 3.05) is 36.7 Å². The third-order valence-corrected chi connectivity index (χ3v) is 2.68. The largest absolute Gasteiger partial charge is 0.387 e. The zero-order chi connectivity index (χ0) is 13.0. The van der Waals surface area contributed by atoms with Crippen LogP contribution in [0.1, 0.15) is 0 Å². The first-order valence-electron chi connectivity index (χ1n) is 5.86. The fourth-order valence-corrected chi connectivity index (χ4v) is 1.67. The van der Waals surface area contributed by atoms with Crippen LogP contribution in [0, 0.1) is 0 Å². The van der Waals surface area contributed by atoms with Crippen molar-refractivity contribution in [1.82, 2.24) is 4.98 Å². The molecule has 1 aromatic carbocycles. The Morgan fingerprint density at radius 3 is 2.50 bits per heavy atom. The summed E-state index contributed by atoms with van der Waals surface area (Å²) in [7, 11) is 5.94. The van der Waals surface area contributed by atoms with E-state index in [-0.39, 0.29) is 0 Å². The Morgan fingerprint density at radius 1 is 1.00 bits per heavy atom. The van der Waals surface area contributed by atoms with Crippen molar-refractivity contribution < 1.29 is 0 Å². The van der Waals surface area contributed by atoms with Gasteiger partial charge in [-0.1, -0.05) is 6.07 Å². The van der Waals surface area contributed by atoms with Crippen molar-refractivity contribution in [2.24, 2.45) is 0 Å². The molecule has 0 atom stereocenters. The minimum absolute atomic E-state index is 0.970. The van der Waals surface area contributed by atoms with E-state index in [0.717, 1.165) is 22.7 Å². The van der Waals surface area contributed by atoms with E-state index in [4.69, 9.17) is 0 Å². The van der Waals surface area contributed by atoms with Gasteiger partial charge < -0.3 is 15.5 Å². The number of aromatic nitrogens is 1. The molecule has 0 unspecified atom stereocenters. The van der Waals surface area contributed by atoms with Crippen LogP contribution < -0.4 is 15.5 Å². The van der Waals surface area contributed by atoms with Gasteiger partial charge in [-0.15, -0.1) is 0 Å². The summed E-state index contributed by atoms with van der Waals surface area (Å²) in [6.45, 7) is 0. The highest BCUT2D eigenvalue weighted by Crippen LogP contribution is 2.22. The number of pyridine rings is 1. The molecule has 1 heterocycles. The summed E-state index contributed by atoms with van der Waals surface area (Å²) in [6.07, 6.45) is 3.60. The molecule has 0 aliphatic heterocycles. The van der Waals surface area contributed by atoms with Gasteiger partial charge in [-0.3, -0.25) is 4.98 Å². The summed E-state index contributed by atoms with van der Waals surface area (Å²) >= 11 is 0. The fraction of sp³-hybridized carbons (Fsp3) is 0.214. The molecule has 0 saturated heterocycles. The second-order valence-electron chi connectivity index (χ2n) is 4.28. The molecule has 0 aliphatic carbocycles. The molecular formula is C14H18N4. The highest BCUT2D eigenvalue weighted by atomic mass is 15.1. The van der Waals surface area contributed by atoms with E-state index >= 15 is 0 Å². The summed E-state index contributed by atoms with van der Waals surface area (Å²) in [4.78, 5) is 6.25. The van der Waals surface area contributed by atoms with Gasteiger partial charge in [-0.2, -0.15) is 0 Å². The summed E-state index contributed by atoms with van der Waals surface area (Å²) in [5.74, 6) is 0. The van der Waals surface area contributed by atoms with Gasteiger partial charge in [0, 0.05) is 32.5 Å². The third-order valence-electron chi connectivity index (χ3n) is 2.68. The van der Waals surface area contributed by atoms with E-state index in [0.29, 0.717) is 0 Å². The fourth-order valence-electron chi connectivity index (χ4n) is 1.67. The van der Waals surface area contributed by atoms with Crippen LogP contribution in [-0.4, -0.2) is 26.1 Å². The first-order valence-corrected chi connectivity index (χ1v) is 5.86. The Labute approximate surface area is 108 Å². The predicted octanol–water partition coefficient (Wildman–Crippen LogP) is 2.93. The zero-order valence-corrected chi connectivity index (χ0v) is 10.9. The van der Waals surface area contributed by atoms with Crippen molar-refractivity contribution in [3.05, 3.63) is 42.7 Å². The first-order chi connectivity index (χ1) is 8.69. The van der Waals surface area contributed by atoms with E-state index in [1.54, 1.807) is 6.20 Å². The summed E-state index contributed by atoms with van der Waals surface area (Å²) in [5.41, 5.74) is 4.18. The molecule has 0 saturated carbocycles. The molecule has 0 radical (unpaired) electrons. The van der Waals surface area contributed by atoms with Crippen molar-refractivity contribution in [3.63, 3.8) is 0 Å². The molecule has 94 valence electrons. The lowest BCUT2D eigenvalue weighted by atomic mass is 10.2. The van der Waals surface area contributed by atoms with Gasteiger partial charge in [-0.25, -0.2) is 0 Å². The van der Waals surface area contributed by atoms with Gasteiger partial charge in [0.15, 0.2) is 0 Å². The molecule has 0 bridgehead atoms. The molecule has 18 heavy (non-hydrogen) atoms. The molecule has 1 aromatic heterocycles. The third kappa shape index (κ3) is 2.91. The molecule has 0 fully saturated rings. The van der Waals surface area contributed by atoms with Crippen LogP contribution in [0.15, 0.2) is 42.7 Å². The molecule has 2 aromatic rings. The van der Waals surface area contributed by atoms with Crippen molar-refractivity contribution >= 4 is 22.7 Å². The van der Waals surface area contributed by atoms with E-state index in [2.05, 4.69) is 32.7 Å². The summed E-state index contributed by atoms with van der Waals surface area (Å²) in [6, 6.07) is 10.3. The minimum Gasteiger partial charge on any atom is -0.387 e. The van der Waals surface area contributed by atoms with Gasteiger partial charge in [0.25, 0.3) is 0 Å². The van der Waals surface area contributed by atoms with Gasteiger partial charge in [0.05, 0.1) is 23.8 Å². The maximum atomic E-state index is 4.17. The lowest BCUT2D eigenvalue weighted by Crippen LogP contribution is -2.08. The van der Waals surface area contributed by atoms with E-state index in [9.17, 15) is 0 Å². The van der Waals surface area contributed by atoms with Crippen LogP contribution in [0.2, 0.25) is 0 Å². The number of anilines is 4. The van der Waals surface area contributed by atoms with Crippen LogP contribution in [0.25, 0.3) is 0 Å². The second kappa shape index (κ2) is 5.40. The van der Waals surface area contributed by atoms with Crippen molar-refractivity contribution in [2.45, 2.75) is 0 Å². The minimum atomic E-state index is 0.970. The van der Waals surface area contributed by atoms with E-state index < -0.39 is 0 Å². The Balaban J connectivity index is 2.20. The van der Waals surface area contributed by atoms with Gasteiger partial charge >= 0.3 is 0 Å². The van der Waals surface area contributed by atoms with E-state index in [1.807, 2.05) is 45.5 Å². The zero-order valence-electron chi connectivity index (χ0n) is 10.9. The monoisotopic (exact) mass is 242 g/mol. The highest BCUT2D eigenvalue weighted by molar-refractivity contribution is 5.66. The summed E-state index contributed by atoms with van der Waals surface area (Å²) < 4.78 is 0. The second-order valence-corrected chi connectivity index (χ2v) is 4.28. The van der Waals surface area contributed by atoms with Gasteiger partial charge in [0.1, 0.15) is 0 Å². The van der Waals surface area contributed by atoms with Gasteiger partial charge in [0.2, 0.25) is 0 Å². The van der Waals surface area contributed by atoms with Crippen LogP contribution in [-0.2, 0) is 0 Å². The van der Waals surface area contributed by atoms with Crippen LogP contribution >= 0.6 is 0 Å². The average molecular weight is 242 g/mol. The Bertz CT molecular complexity index is 523. The average Bonchev–Trinajstić information content (AvgIpc) is 2.39. The smallest absolute Gasteiger partial charge is 0.0591 e. The Kier molecular flexibility index (Phi) is 3.67. The number of hydrogen-bond donors (Lipinski definition) is 2. The van der Waals surface area contributed by atoms with Crippen LogP contribution in [0.4, 0.5) is 22.7 Å². The molecular weight excluding hydrogens is 224 g/mol. The quantitative estimate of drug-likeness (QED) is 0.865. The molecule has 2 rings (SSSR count). The topological polar surface area (TPSA) is 40.2 Å². The van der Waals surface area contributed by atoms with Crippen LogP contribution in [0.5, 0.6) is 0 Å². The molecule has 4 nitrogen and oxygen atoms in total. The number of nitrogens with one attached hydrogen (secondary N) is 2. The molecule has 4 heteroatoms. The maximum Gasteiger partial charge on any atom is 0.0591 e. The highest BCUT2D eigenvalue weighted by Gasteiger charge is 1.99. The van der Waals surface area contributed by atoms with Crippen molar-refractivity contribution in [3.8, 4) is 0 Å². The lowest BCUT2D eigenvalue weighted by Gasteiger charge is -2.14. The molecule has 2 N–H and O–H groups in total. The number of nitrogens with zero attached hydrogens (tertiary/aromatic N) is 2. The van der Waals surface area contributed by atoms with Gasteiger partial charge in [-0.05, 0) is 24.3 Å². The summed E-state index contributed by atoms with van der Waals surface area (Å²) in [5, 5.41) is 6.42. The Morgan fingerprint density at radius 2 is 1.78 bits per heavy atom. The lowest BCUT2D eigenvalue weighted by molar-refractivity contribution is 1.13. The predicted molar refractivity (Wildman–Crippen MR) is 77.8 cm³/mol. The standard InChI is InChI=1S/C14H18N4/c1-15-12-7-13(10-16-9-12)17-11-5-4-6-14(8-11)18(2)3/h4-10,15,17H,1-3H3. The SMILES string of the molecule is CNc1cncc(Nc2cccc(N(C)C)c2)c1. The number of benzene rings is 1. The normalized spacial score (nSPS) is 9.94. The van der Waals surface area contributed by atoms with Crippen molar-refractivity contribution in [1.29, 1.82) is 0 Å². The molecule has 0 aliphatic rings. The maximum absolute atomic E-state index is 4.17.